The summed E-state index contributed by atoms with van der Waals surface area (Å²) in [5.41, 5.74) is 0. The number of rotatable bonds is 3. The van der Waals surface area contributed by atoms with Crippen LogP contribution in [0.2, 0.25) is 5.02 Å². The second-order valence-electron chi connectivity index (χ2n) is 2.58. The molecule has 0 atom stereocenters. The first-order valence-electron chi connectivity index (χ1n) is 3.92. The number of hydrogen-bond donors (Lipinski definition) is 1. The van der Waals surface area contributed by atoms with E-state index in [1.54, 1.807) is 6.92 Å². The maximum Gasteiger partial charge on any atom is 0.240 e. The predicted molar refractivity (Wildman–Crippen MR) is 60.0 cm³/mol. The first-order chi connectivity index (χ1) is 6.47. The van der Waals surface area contributed by atoms with Gasteiger partial charge in [-0.25, -0.2) is 13.1 Å². The van der Waals surface area contributed by atoms with E-state index in [1.807, 2.05) is 0 Å². The summed E-state index contributed by atoms with van der Waals surface area (Å²) in [4.78, 5) is 0.204. The molecule has 0 bridgehead atoms. The minimum Gasteiger partial charge on any atom is -0.211 e. The molecule has 0 fully saturated rings. The van der Waals surface area contributed by atoms with E-state index < -0.39 is 10.0 Å². The number of halogens is 2. The van der Waals surface area contributed by atoms with Crippen LogP contribution in [-0.2, 0) is 10.0 Å². The minimum atomic E-state index is -3.39. The van der Waals surface area contributed by atoms with Crippen molar-refractivity contribution in [1.82, 2.24) is 4.72 Å². The molecule has 0 heterocycles. The van der Waals surface area contributed by atoms with Gasteiger partial charge in [-0.1, -0.05) is 18.5 Å². The van der Waals surface area contributed by atoms with Gasteiger partial charge in [0.05, 0.1) is 9.92 Å². The molecule has 1 aromatic carbocycles. The fraction of sp³-hybridized carbons (Fsp3) is 0.250. The van der Waals surface area contributed by atoms with Crippen LogP contribution in [-0.4, -0.2) is 15.0 Å². The van der Waals surface area contributed by atoms with Crippen LogP contribution in [0.1, 0.15) is 6.92 Å². The highest BCUT2D eigenvalue weighted by atomic mass is 79.9. The first-order valence-corrected chi connectivity index (χ1v) is 6.57. The van der Waals surface area contributed by atoms with Gasteiger partial charge in [0.25, 0.3) is 0 Å². The van der Waals surface area contributed by atoms with E-state index in [1.165, 1.54) is 18.2 Å². The standard InChI is InChI=1S/C8H9BrClNO2S/c1-2-11-14(12,13)6-3-4-8(10)7(9)5-6/h3-5,11H,2H2,1H3. The van der Waals surface area contributed by atoms with E-state index in [2.05, 4.69) is 20.7 Å². The van der Waals surface area contributed by atoms with E-state index in [-0.39, 0.29) is 4.90 Å². The van der Waals surface area contributed by atoms with Crippen LogP contribution >= 0.6 is 27.5 Å². The van der Waals surface area contributed by atoms with Gasteiger partial charge in [-0.15, -0.1) is 0 Å². The molecular weight excluding hydrogens is 290 g/mol. The first kappa shape index (κ1) is 12.0. The summed E-state index contributed by atoms with van der Waals surface area (Å²) in [6.45, 7) is 2.09. The zero-order valence-corrected chi connectivity index (χ0v) is 10.6. The van der Waals surface area contributed by atoms with Crippen molar-refractivity contribution in [2.75, 3.05) is 6.54 Å². The predicted octanol–water partition coefficient (Wildman–Crippen LogP) is 2.40. The highest BCUT2D eigenvalue weighted by Crippen LogP contribution is 2.25. The Kier molecular flexibility index (Phi) is 3.94. The highest BCUT2D eigenvalue weighted by molar-refractivity contribution is 9.10. The molecule has 1 N–H and O–H groups in total. The zero-order chi connectivity index (χ0) is 10.8. The number of benzene rings is 1. The number of hydrogen-bond acceptors (Lipinski definition) is 2. The SMILES string of the molecule is CCNS(=O)(=O)c1ccc(Cl)c(Br)c1. The summed E-state index contributed by atoms with van der Waals surface area (Å²) in [6, 6.07) is 4.47. The van der Waals surface area contributed by atoms with Crippen molar-refractivity contribution in [3.63, 3.8) is 0 Å². The number of nitrogens with one attached hydrogen (secondary N) is 1. The van der Waals surface area contributed by atoms with Crippen LogP contribution in [0.5, 0.6) is 0 Å². The van der Waals surface area contributed by atoms with Crippen LogP contribution < -0.4 is 4.72 Å². The summed E-state index contributed by atoms with van der Waals surface area (Å²) >= 11 is 8.91. The molecular formula is C8H9BrClNO2S. The summed E-state index contributed by atoms with van der Waals surface area (Å²) in [5.74, 6) is 0. The molecule has 1 aromatic rings. The van der Waals surface area contributed by atoms with Crippen LogP contribution in [0.3, 0.4) is 0 Å². The van der Waals surface area contributed by atoms with E-state index in [0.29, 0.717) is 16.0 Å². The second kappa shape index (κ2) is 4.61. The lowest BCUT2D eigenvalue weighted by Gasteiger charge is -2.05. The largest absolute Gasteiger partial charge is 0.240 e. The molecule has 0 radical (unpaired) electrons. The molecule has 0 unspecified atom stereocenters. The Balaban J connectivity index is 3.15. The lowest BCUT2D eigenvalue weighted by molar-refractivity contribution is 0.584. The Bertz CT molecular complexity index is 433. The third kappa shape index (κ3) is 2.70. The van der Waals surface area contributed by atoms with Gasteiger partial charge >= 0.3 is 0 Å². The molecule has 3 nitrogen and oxygen atoms in total. The molecule has 0 aromatic heterocycles. The van der Waals surface area contributed by atoms with Gasteiger partial charge in [0.15, 0.2) is 0 Å². The van der Waals surface area contributed by atoms with Crippen LogP contribution in [0.25, 0.3) is 0 Å². The molecule has 0 saturated heterocycles. The Morgan fingerprint density at radius 3 is 2.64 bits per heavy atom. The van der Waals surface area contributed by atoms with Gasteiger partial charge < -0.3 is 0 Å². The van der Waals surface area contributed by atoms with E-state index in [4.69, 9.17) is 11.6 Å². The molecule has 1 rings (SSSR count). The van der Waals surface area contributed by atoms with Crippen LogP contribution in [0.15, 0.2) is 27.6 Å². The van der Waals surface area contributed by atoms with Gasteiger partial charge in [0.1, 0.15) is 0 Å². The Hall–Kier alpha value is -0.100. The van der Waals surface area contributed by atoms with Gasteiger partial charge in [0, 0.05) is 11.0 Å². The van der Waals surface area contributed by atoms with Crippen molar-refractivity contribution in [2.24, 2.45) is 0 Å². The van der Waals surface area contributed by atoms with E-state index in [0.717, 1.165) is 0 Å². The molecule has 0 aliphatic rings. The summed E-state index contributed by atoms with van der Waals surface area (Å²) in [6.07, 6.45) is 0. The molecule has 14 heavy (non-hydrogen) atoms. The summed E-state index contributed by atoms with van der Waals surface area (Å²) < 4.78 is 26.0. The zero-order valence-electron chi connectivity index (χ0n) is 7.42. The van der Waals surface area contributed by atoms with E-state index >= 15 is 0 Å². The number of sulfonamides is 1. The van der Waals surface area contributed by atoms with E-state index in [9.17, 15) is 8.42 Å². The molecule has 0 aliphatic heterocycles. The van der Waals surface area contributed by atoms with Gasteiger partial charge in [-0.05, 0) is 34.1 Å². The molecule has 6 heteroatoms. The summed E-state index contributed by atoms with van der Waals surface area (Å²) in [7, 11) is -3.39. The van der Waals surface area contributed by atoms with Crippen LogP contribution in [0.4, 0.5) is 0 Å². The topological polar surface area (TPSA) is 46.2 Å². The third-order valence-corrected chi connectivity index (χ3v) is 4.29. The Morgan fingerprint density at radius 2 is 2.14 bits per heavy atom. The van der Waals surface area contributed by atoms with Gasteiger partial charge in [-0.2, -0.15) is 0 Å². The van der Waals surface area contributed by atoms with Crippen molar-refractivity contribution >= 4 is 37.6 Å². The second-order valence-corrected chi connectivity index (χ2v) is 5.61. The van der Waals surface area contributed by atoms with Crippen molar-refractivity contribution in [2.45, 2.75) is 11.8 Å². The minimum absolute atomic E-state index is 0.204. The van der Waals surface area contributed by atoms with Crippen molar-refractivity contribution in [3.8, 4) is 0 Å². The normalized spacial score (nSPS) is 11.6. The fourth-order valence-corrected chi connectivity index (χ4v) is 2.63. The molecule has 0 amide bonds. The Morgan fingerprint density at radius 1 is 1.50 bits per heavy atom. The smallest absolute Gasteiger partial charge is 0.211 e. The van der Waals surface area contributed by atoms with Gasteiger partial charge in [-0.3, -0.25) is 0 Å². The molecule has 0 saturated carbocycles. The summed E-state index contributed by atoms with van der Waals surface area (Å²) in [5, 5.41) is 0.487. The maximum atomic E-state index is 11.5. The average molecular weight is 299 g/mol. The highest BCUT2D eigenvalue weighted by Gasteiger charge is 2.13. The lowest BCUT2D eigenvalue weighted by Crippen LogP contribution is -2.23. The monoisotopic (exact) mass is 297 g/mol. The fourth-order valence-electron chi connectivity index (χ4n) is 0.917. The van der Waals surface area contributed by atoms with Gasteiger partial charge in [0.2, 0.25) is 10.0 Å². The lowest BCUT2D eigenvalue weighted by atomic mass is 10.4. The quantitative estimate of drug-likeness (QED) is 0.931. The molecule has 78 valence electrons. The van der Waals surface area contributed by atoms with Crippen molar-refractivity contribution in [1.29, 1.82) is 0 Å². The third-order valence-electron chi connectivity index (χ3n) is 1.54. The maximum absolute atomic E-state index is 11.5. The molecule has 0 aliphatic carbocycles. The van der Waals surface area contributed by atoms with Crippen molar-refractivity contribution in [3.05, 3.63) is 27.7 Å². The Labute approximate surface area is 96.6 Å². The average Bonchev–Trinajstić information content (AvgIpc) is 2.09. The molecule has 0 spiro atoms. The van der Waals surface area contributed by atoms with Crippen molar-refractivity contribution < 1.29 is 8.42 Å². The van der Waals surface area contributed by atoms with Crippen LogP contribution in [0, 0.1) is 0 Å².